The van der Waals surface area contributed by atoms with Crippen molar-refractivity contribution < 1.29 is 0 Å². The first kappa shape index (κ1) is 13.4. The number of fused-ring (bicyclic) bond motifs is 1. The van der Waals surface area contributed by atoms with Gasteiger partial charge in [-0.2, -0.15) is 0 Å². The average Bonchev–Trinajstić information content (AvgIpc) is 2.45. The fourth-order valence-electron chi connectivity index (χ4n) is 2.70. The number of aromatic nitrogens is 2. The first-order valence-electron chi connectivity index (χ1n) is 6.92. The molecule has 0 fully saturated rings. The molecule has 0 bridgehead atoms. The summed E-state index contributed by atoms with van der Waals surface area (Å²) in [5, 5.41) is 2.09. The summed E-state index contributed by atoms with van der Waals surface area (Å²) in [5.41, 5.74) is 1.28. The summed E-state index contributed by atoms with van der Waals surface area (Å²) in [7, 11) is 0. The molecule has 3 aromatic rings. The van der Waals surface area contributed by atoms with Crippen LogP contribution in [0, 0.1) is 0 Å². The molecule has 21 heavy (non-hydrogen) atoms. The zero-order valence-corrected chi connectivity index (χ0v) is 11.9. The summed E-state index contributed by atoms with van der Waals surface area (Å²) in [5.74, 6) is 0.0135. The van der Waals surface area contributed by atoms with Crippen molar-refractivity contribution in [3.63, 3.8) is 0 Å². The number of rotatable bonds is 2. The standard InChI is InChI=1S/C17H16N2O2/c1-10(2)14-15(18-17(21)19-16(14)20)13-9-5-7-11-6-3-4-8-12(11)13/h3-10H,1-2H3,(H2,18,19,20,21). The molecule has 0 saturated carbocycles. The van der Waals surface area contributed by atoms with Gasteiger partial charge in [0.15, 0.2) is 0 Å². The molecule has 0 radical (unpaired) electrons. The minimum Gasteiger partial charge on any atom is -0.307 e. The molecule has 1 aromatic heterocycles. The van der Waals surface area contributed by atoms with Gasteiger partial charge in [0.1, 0.15) is 0 Å². The van der Waals surface area contributed by atoms with Gasteiger partial charge in [0.25, 0.3) is 5.56 Å². The maximum atomic E-state index is 12.1. The fraction of sp³-hybridized carbons (Fsp3) is 0.176. The summed E-state index contributed by atoms with van der Waals surface area (Å²) in [6.07, 6.45) is 0. The number of nitrogens with one attached hydrogen (secondary N) is 2. The Labute approximate surface area is 121 Å². The molecule has 106 valence electrons. The van der Waals surface area contributed by atoms with Crippen molar-refractivity contribution in [2.45, 2.75) is 19.8 Å². The quantitative estimate of drug-likeness (QED) is 0.757. The third-order valence-corrected chi connectivity index (χ3v) is 3.62. The van der Waals surface area contributed by atoms with Crippen LogP contribution in [0.1, 0.15) is 25.3 Å². The predicted octanol–water partition coefficient (Wildman–Crippen LogP) is 3.01. The molecule has 1 heterocycles. The maximum Gasteiger partial charge on any atom is 0.326 e. The molecule has 0 unspecified atom stereocenters. The Balaban J connectivity index is 2.44. The van der Waals surface area contributed by atoms with Crippen LogP contribution in [0.2, 0.25) is 0 Å². The van der Waals surface area contributed by atoms with Gasteiger partial charge >= 0.3 is 5.69 Å². The van der Waals surface area contributed by atoms with E-state index in [1.807, 2.05) is 56.3 Å². The lowest BCUT2D eigenvalue weighted by Gasteiger charge is -2.13. The minimum absolute atomic E-state index is 0.0135. The molecule has 0 aliphatic carbocycles. The number of hydrogen-bond donors (Lipinski definition) is 2. The molecule has 2 aromatic carbocycles. The van der Waals surface area contributed by atoms with E-state index in [2.05, 4.69) is 9.97 Å². The van der Waals surface area contributed by atoms with Gasteiger partial charge in [-0.15, -0.1) is 0 Å². The van der Waals surface area contributed by atoms with Gasteiger partial charge in [0.2, 0.25) is 0 Å². The Morgan fingerprint density at radius 3 is 2.38 bits per heavy atom. The molecule has 0 atom stereocenters. The Morgan fingerprint density at radius 1 is 0.905 bits per heavy atom. The lowest BCUT2D eigenvalue weighted by atomic mass is 9.95. The number of benzene rings is 2. The van der Waals surface area contributed by atoms with Crippen LogP contribution in [-0.4, -0.2) is 9.97 Å². The van der Waals surface area contributed by atoms with Crippen LogP contribution in [0.25, 0.3) is 22.0 Å². The van der Waals surface area contributed by atoms with E-state index in [1.165, 1.54) is 0 Å². The van der Waals surface area contributed by atoms with Crippen LogP contribution < -0.4 is 11.2 Å². The van der Waals surface area contributed by atoms with E-state index < -0.39 is 5.69 Å². The van der Waals surface area contributed by atoms with Gasteiger partial charge in [-0.1, -0.05) is 56.3 Å². The van der Waals surface area contributed by atoms with Crippen molar-refractivity contribution in [3.8, 4) is 11.3 Å². The van der Waals surface area contributed by atoms with Gasteiger partial charge in [-0.25, -0.2) is 4.79 Å². The van der Waals surface area contributed by atoms with Crippen molar-refractivity contribution in [2.75, 3.05) is 0 Å². The molecule has 2 N–H and O–H groups in total. The lowest BCUT2D eigenvalue weighted by Crippen LogP contribution is -2.27. The number of aromatic amines is 2. The second-order valence-electron chi connectivity index (χ2n) is 5.38. The van der Waals surface area contributed by atoms with Crippen molar-refractivity contribution in [3.05, 3.63) is 68.9 Å². The van der Waals surface area contributed by atoms with E-state index in [-0.39, 0.29) is 11.5 Å². The Morgan fingerprint density at radius 2 is 1.62 bits per heavy atom. The Hall–Kier alpha value is -2.62. The highest BCUT2D eigenvalue weighted by molar-refractivity contribution is 5.96. The smallest absolute Gasteiger partial charge is 0.307 e. The van der Waals surface area contributed by atoms with Crippen LogP contribution >= 0.6 is 0 Å². The highest BCUT2D eigenvalue weighted by Gasteiger charge is 2.16. The van der Waals surface area contributed by atoms with Crippen molar-refractivity contribution in [1.82, 2.24) is 9.97 Å². The highest BCUT2D eigenvalue weighted by Crippen LogP contribution is 2.30. The third kappa shape index (κ3) is 2.29. The fourth-order valence-corrected chi connectivity index (χ4v) is 2.70. The van der Waals surface area contributed by atoms with E-state index in [0.717, 1.165) is 16.3 Å². The number of H-pyrrole nitrogens is 2. The van der Waals surface area contributed by atoms with E-state index in [1.54, 1.807) is 0 Å². The molecule has 3 rings (SSSR count). The predicted molar refractivity (Wildman–Crippen MR) is 84.7 cm³/mol. The molecule has 0 amide bonds. The molecular formula is C17H16N2O2. The summed E-state index contributed by atoms with van der Waals surface area (Å²) >= 11 is 0. The second-order valence-corrected chi connectivity index (χ2v) is 5.38. The third-order valence-electron chi connectivity index (χ3n) is 3.62. The normalized spacial score (nSPS) is 11.2. The molecule has 4 nitrogen and oxygen atoms in total. The van der Waals surface area contributed by atoms with Gasteiger partial charge in [0, 0.05) is 11.1 Å². The van der Waals surface area contributed by atoms with Crippen LogP contribution in [0.5, 0.6) is 0 Å². The lowest BCUT2D eigenvalue weighted by molar-refractivity contribution is 0.825. The molecule has 4 heteroatoms. The topological polar surface area (TPSA) is 65.7 Å². The van der Waals surface area contributed by atoms with Crippen molar-refractivity contribution >= 4 is 10.8 Å². The Kier molecular flexibility index (Phi) is 3.22. The summed E-state index contributed by atoms with van der Waals surface area (Å²) in [6.45, 7) is 3.88. The summed E-state index contributed by atoms with van der Waals surface area (Å²) in [4.78, 5) is 28.9. The van der Waals surface area contributed by atoms with Crippen molar-refractivity contribution in [2.24, 2.45) is 0 Å². The molecule has 0 saturated heterocycles. The van der Waals surface area contributed by atoms with Gasteiger partial charge < -0.3 is 4.98 Å². The van der Waals surface area contributed by atoms with Gasteiger partial charge in [-0.05, 0) is 16.7 Å². The summed E-state index contributed by atoms with van der Waals surface area (Å²) in [6, 6.07) is 13.8. The largest absolute Gasteiger partial charge is 0.326 e. The van der Waals surface area contributed by atoms with Crippen LogP contribution in [0.15, 0.2) is 52.1 Å². The van der Waals surface area contributed by atoms with E-state index >= 15 is 0 Å². The first-order valence-corrected chi connectivity index (χ1v) is 6.92. The zero-order valence-electron chi connectivity index (χ0n) is 11.9. The summed E-state index contributed by atoms with van der Waals surface area (Å²) < 4.78 is 0. The van der Waals surface area contributed by atoms with E-state index in [4.69, 9.17) is 0 Å². The molecular weight excluding hydrogens is 264 g/mol. The van der Waals surface area contributed by atoms with Crippen LogP contribution in [0.4, 0.5) is 0 Å². The molecule has 0 aliphatic rings. The first-order chi connectivity index (χ1) is 10.1. The van der Waals surface area contributed by atoms with Crippen LogP contribution in [-0.2, 0) is 0 Å². The Bertz CT molecular complexity index is 914. The van der Waals surface area contributed by atoms with E-state index in [0.29, 0.717) is 11.3 Å². The second kappa shape index (κ2) is 5.05. The van der Waals surface area contributed by atoms with Crippen molar-refractivity contribution in [1.29, 1.82) is 0 Å². The average molecular weight is 280 g/mol. The highest BCUT2D eigenvalue weighted by atomic mass is 16.2. The molecule has 0 spiro atoms. The van der Waals surface area contributed by atoms with E-state index in [9.17, 15) is 9.59 Å². The SMILES string of the molecule is CC(C)c1c(-c2cccc3ccccc23)[nH]c(=O)[nH]c1=O. The minimum atomic E-state index is -0.479. The number of hydrogen-bond acceptors (Lipinski definition) is 2. The monoisotopic (exact) mass is 280 g/mol. The molecule has 0 aliphatic heterocycles. The van der Waals surface area contributed by atoms with Gasteiger partial charge in [-0.3, -0.25) is 9.78 Å². The van der Waals surface area contributed by atoms with Crippen LogP contribution in [0.3, 0.4) is 0 Å². The zero-order chi connectivity index (χ0) is 15.0. The van der Waals surface area contributed by atoms with Gasteiger partial charge in [0.05, 0.1) is 5.69 Å². The maximum absolute atomic E-state index is 12.1.